The molecule has 0 spiro atoms. The van der Waals surface area contributed by atoms with Crippen molar-refractivity contribution in [2.45, 2.75) is 26.8 Å². The van der Waals surface area contributed by atoms with Gasteiger partial charge >= 0.3 is 12.0 Å². The Morgan fingerprint density at radius 2 is 1.95 bits per heavy atom. The average Bonchev–Trinajstić information content (AvgIpc) is 2.47. The third-order valence-corrected chi connectivity index (χ3v) is 3.40. The Labute approximate surface area is 128 Å². The topological polar surface area (TPSA) is 67.4 Å². The molecule has 0 aromatic heterocycles. The molecular weight excluding hydrogens is 287 g/mol. The van der Waals surface area contributed by atoms with Crippen molar-refractivity contribution in [2.24, 2.45) is 5.92 Å². The maximum absolute atomic E-state index is 13.1. The third kappa shape index (κ3) is 3.27. The summed E-state index contributed by atoms with van der Waals surface area (Å²) >= 11 is 0. The molecule has 22 heavy (non-hydrogen) atoms. The number of carbonyl (C=O) groups excluding carboxylic acids is 2. The first-order valence-electron chi connectivity index (χ1n) is 7.18. The SMILES string of the molecule is CCOC(=O)C1=C(c2ccc(F)cc2)NC(=O)NC1C(C)C. The smallest absolute Gasteiger partial charge is 0.338 e. The molecule has 0 bridgehead atoms. The zero-order chi connectivity index (χ0) is 16.3. The van der Waals surface area contributed by atoms with Gasteiger partial charge in [0.05, 0.1) is 23.9 Å². The lowest BCUT2D eigenvalue weighted by atomic mass is 9.90. The first-order chi connectivity index (χ1) is 10.4. The fourth-order valence-corrected chi connectivity index (χ4v) is 2.37. The van der Waals surface area contributed by atoms with E-state index in [1.165, 1.54) is 24.3 Å². The number of urea groups is 1. The first kappa shape index (κ1) is 16.0. The lowest BCUT2D eigenvalue weighted by molar-refractivity contribution is -0.139. The normalized spacial score (nSPS) is 18.0. The van der Waals surface area contributed by atoms with Crippen molar-refractivity contribution in [2.75, 3.05) is 6.61 Å². The first-order valence-corrected chi connectivity index (χ1v) is 7.18. The molecule has 1 aliphatic heterocycles. The number of hydrogen-bond donors (Lipinski definition) is 2. The number of nitrogens with one attached hydrogen (secondary N) is 2. The molecule has 0 saturated carbocycles. The second-order valence-electron chi connectivity index (χ2n) is 5.34. The van der Waals surface area contributed by atoms with Crippen LogP contribution in [0.2, 0.25) is 0 Å². The summed E-state index contributed by atoms with van der Waals surface area (Å²) in [5.74, 6) is -0.878. The summed E-state index contributed by atoms with van der Waals surface area (Å²) in [6, 6.07) is 4.74. The van der Waals surface area contributed by atoms with Gasteiger partial charge in [0.2, 0.25) is 0 Å². The van der Waals surface area contributed by atoms with Crippen LogP contribution in [0.4, 0.5) is 9.18 Å². The minimum absolute atomic E-state index is 0.000837. The summed E-state index contributed by atoms with van der Waals surface area (Å²) in [7, 11) is 0. The molecule has 0 saturated heterocycles. The Bertz CT molecular complexity index is 608. The number of benzene rings is 1. The van der Waals surface area contributed by atoms with Gasteiger partial charge in [-0.2, -0.15) is 0 Å². The summed E-state index contributed by atoms with van der Waals surface area (Å²) in [4.78, 5) is 24.2. The van der Waals surface area contributed by atoms with Gasteiger partial charge < -0.3 is 15.4 Å². The van der Waals surface area contributed by atoms with Gasteiger partial charge in [-0.05, 0) is 42.7 Å². The molecular formula is C16H19FN2O3. The number of hydrogen-bond acceptors (Lipinski definition) is 3. The fraction of sp³-hybridized carbons (Fsp3) is 0.375. The van der Waals surface area contributed by atoms with Crippen molar-refractivity contribution in [3.05, 3.63) is 41.2 Å². The van der Waals surface area contributed by atoms with Crippen molar-refractivity contribution in [1.82, 2.24) is 10.6 Å². The lowest BCUT2D eigenvalue weighted by Gasteiger charge is -2.31. The van der Waals surface area contributed by atoms with E-state index in [9.17, 15) is 14.0 Å². The quantitative estimate of drug-likeness (QED) is 0.840. The third-order valence-electron chi connectivity index (χ3n) is 3.40. The second kappa shape index (κ2) is 6.60. The van der Waals surface area contributed by atoms with Gasteiger partial charge in [-0.25, -0.2) is 14.0 Å². The molecule has 1 unspecified atom stereocenters. The molecule has 1 atom stereocenters. The van der Waals surface area contributed by atoms with Crippen LogP contribution in [0.25, 0.3) is 5.70 Å². The van der Waals surface area contributed by atoms with E-state index < -0.39 is 18.0 Å². The van der Waals surface area contributed by atoms with E-state index >= 15 is 0 Å². The molecule has 1 aromatic carbocycles. The zero-order valence-electron chi connectivity index (χ0n) is 12.8. The number of halogens is 1. The molecule has 1 heterocycles. The molecule has 5 nitrogen and oxygen atoms in total. The summed E-state index contributed by atoms with van der Waals surface area (Å²) in [6.07, 6.45) is 0. The van der Waals surface area contributed by atoms with E-state index in [2.05, 4.69) is 10.6 Å². The van der Waals surface area contributed by atoms with Crippen LogP contribution in [-0.2, 0) is 9.53 Å². The number of rotatable bonds is 4. The number of amides is 2. The van der Waals surface area contributed by atoms with Crippen LogP contribution in [0.1, 0.15) is 26.3 Å². The Kier molecular flexibility index (Phi) is 4.80. The van der Waals surface area contributed by atoms with Gasteiger partial charge in [-0.15, -0.1) is 0 Å². The standard InChI is InChI=1S/C16H19FN2O3/c1-4-22-15(20)12-13(9(2)3)18-16(21)19-14(12)10-5-7-11(17)8-6-10/h5-9,13H,4H2,1-3H3,(H2,18,19,21). The molecule has 1 aliphatic rings. The van der Waals surface area contributed by atoms with E-state index in [0.29, 0.717) is 16.8 Å². The predicted octanol–water partition coefficient (Wildman–Crippen LogP) is 2.44. The second-order valence-corrected chi connectivity index (χ2v) is 5.34. The van der Waals surface area contributed by atoms with E-state index in [0.717, 1.165) is 0 Å². The molecule has 0 aliphatic carbocycles. The molecule has 0 radical (unpaired) electrons. The highest BCUT2D eigenvalue weighted by atomic mass is 19.1. The summed E-state index contributed by atoms with van der Waals surface area (Å²) in [6.45, 7) is 5.75. The van der Waals surface area contributed by atoms with Crippen LogP contribution in [-0.4, -0.2) is 24.6 Å². The Morgan fingerprint density at radius 1 is 1.32 bits per heavy atom. The van der Waals surface area contributed by atoms with Gasteiger partial charge in [0.25, 0.3) is 0 Å². The Morgan fingerprint density at radius 3 is 2.50 bits per heavy atom. The van der Waals surface area contributed by atoms with Gasteiger partial charge in [0.1, 0.15) is 5.82 Å². The summed E-state index contributed by atoms with van der Waals surface area (Å²) in [5.41, 5.74) is 1.27. The van der Waals surface area contributed by atoms with E-state index in [4.69, 9.17) is 4.74 Å². The monoisotopic (exact) mass is 306 g/mol. The van der Waals surface area contributed by atoms with Crippen molar-refractivity contribution < 1.29 is 18.7 Å². The zero-order valence-corrected chi connectivity index (χ0v) is 12.8. The highest BCUT2D eigenvalue weighted by Gasteiger charge is 2.34. The summed E-state index contributed by atoms with van der Waals surface area (Å²) in [5, 5.41) is 5.37. The minimum Gasteiger partial charge on any atom is -0.463 e. The van der Waals surface area contributed by atoms with Gasteiger partial charge in [0.15, 0.2) is 0 Å². The molecule has 1 aromatic rings. The molecule has 6 heteroatoms. The molecule has 118 valence electrons. The maximum atomic E-state index is 13.1. The van der Waals surface area contributed by atoms with E-state index in [1.54, 1.807) is 6.92 Å². The Balaban J connectivity index is 2.57. The molecule has 2 rings (SSSR count). The predicted molar refractivity (Wildman–Crippen MR) is 80.2 cm³/mol. The van der Waals surface area contributed by atoms with Crippen LogP contribution < -0.4 is 10.6 Å². The number of esters is 1. The van der Waals surface area contributed by atoms with E-state index in [-0.39, 0.29) is 18.3 Å². The van der Waals surface area contributed by atoms with Gasteiger partial charge in [-0.1, -0.05) is 13.8 Å². The summed E-state index contributed by atoms with van der Waals surface area (Å²) < 4.78 is 18.2. The largest absolute Gasteiger partial charge is 0.463 e. The molecule has 2 N–H and O–H groups in total. The van der Waals surface area contributed by atoms with Crippen molar-refractivity contribution >= 4 is 17.7 Å². The van der Waals surface area contributed by atoms with Gasteiger partial charge in [0, 0.05) is 0 Å². The lowest BCUT2D eigenvalue weighted by Crippen LogP contribution is -2.52. The fourth-order valence-electron chi connectivity index (χ4n) is 2.37. The van der Waals surface area contributed by atoms with Crippen LogP contribution in [0.15, 0.2) is 29.8 Å². The van der Waals surface area contributed by atoms with Crippen LogP contribution in [0.5, 0.6) is 0 Å². The van der Waals surface area contributed by atoms with Crippen molar-refractivity contribution in [1.29, 1.82) is 0 Å². The number of carbonyl (C=O) groups is 2. The van der Waals surface area contributed by atoms with Crippen LogP contribution >= 0.6 is 0 Å². The maximum Gasteiger partial charge on any atom is 0.338 e. The van der Waals surface area contributed by atoms with Crippen molar-refractivity contribution in [3.63, 3.8) is 0 Å². The van der Waals surface area contributed by atoms with Crippen LogP contribution in [0, 0.1) is 11.7 Å². The highest BCUT2D eigenvalue weighted by molar-refractivity contribution is 6.04. The van der Waals surface area contributed by atoms with Gasteiger partial charge in [-0.3, -0.25) is 0 Å². The Hall–Kier alpha value is -2.37. The molecule has 2 amide bonds. The highest BCUT2D eigenvalue weighted by Crippen LogP contribution is 2.26. The van der Waals surface area contributed by atoms with E-state index in [1.807, 2.05) is 13.8 Å². The average molecular weight is 306 g/mol. The van der Waals surface area contributed by atoms with Crippen molar-refractivity contribution in [3.8, 4) is 0 Å². The minimum atomic E-state index is -0.493. The number of ether oxygens (including phenoxy) is 1. The van der Waals surface area contributed by atoms with Crippen LogP contribution in [0.3, 0.4) is 0 Å². The molecule has 0 fully saturated rings.